The third kappa shape index (κ3) is 9.48. The number of esters is 1. The first kappa shape index (κ1) is 30.9. The highest BCUT2D eigenvalue weighted by molar-refractivity contribution is 7.85. The number of rotatable bonds is 9. The minimum atomic E-state index is -4.76. The molecule has 11 nitrogen and oxygen atoms in total. The quantitative estimate of drug-likeness (QED) is 0.331. The van der Waals surface area contributed by atoms with Gasteiger partial charge in [0.2, 0.25) is 11.7 Å². The molecule has 0 aliphatic carbocycles. The first-order valence-corrected chi connectivity index (χ1v) is 14.6. The number of hydrogen-bond acceptors (Lipinski definition) is 9. The van der Waals surface area contributed by atoms with Crippen LogP contribution in [-0.2, 0) is 30.6 Å². The number of aromatic nitrogens is 2. The summed E-state index contributed by atoms with van der Waals surface area (Å²) in [4.78, 5) is 35.4. The average Bonchev–Trinajstić information content (AvgIpc) is 3.31. The molecule has 220 valence electrons. The van der Waals surface area contributed by atoms with E-state index in [4.69, 9.17) is 9.29 Å². The lowest BCUT2D eigenvalue weighted by Gasteiger charge is -2.34. The summed E-state index contributed by atoms with van der Waals surface area (Å²) in [6, 6.07) is 0.770. The molecule has 39 heavy (non-hydrogen) atoms. The zero-order valence-electron chi connectivity index (χ0n) is 22.3. The molecule has 2 fully saturated rings. The zero-order valence-corrected chi connectivity index (χ0v) is 23.1. The lowest BCUT2D eigenvalue weighted by atomic mass is 9.91. The SMILES string of the molecule is CC(C)(C)OC(=O)C1CCCN1c1cc(N2CCC(CCCC(=O)NCS(=O)(=O)O)CC2)nc(C(F)(F)F)n1. The molecule has 1 aromatic rings. The van der Waals surface area contributed by atoms with Crippen LogP contribution in [-0.4, -0.2) is 72.0 Å². The molecule has 0 radical (unpaired) electrons. The molecule has 0 saturated carbocycles. The van der Waals surface area contributed by atoms with Crippen LogP contribution < -0.4 is 15.1 Å². The minimum absolute atomic E-state index is 0.0405. The van der Waals surface area contributed by atoms with Gasteiger partial charge in [0.1, 0.15) is 29.2 Å². The molecule has 1 unspecified atom stereocenters. The van der Waals surface area contributed by atoms with E-state index in [1.165, 1.54) is 6.07 Å². The maximum Gasteiger partial charge on any atom is 0.451 e. The van der Waals surface area contributed by atoms with Gasteiger partial charge in [-0.1, -0.05) is 0 Å². The molecule has 3 heterocycles. The second kappa shape index (κ2) is 12.2. The van der Waals surface area contributed by atoms with E-state index >= 15 is 0 Å². The number of carbonyl (C=O) groups excluding carboxylic acids is 2. The predicted molar refractivity (Wildman–Crippen MR) is 137 cm³/mol. The Labute approximate surface area is 226 Å². The van der Waals surface area contributed by atoms with Crippen LogP contribution in [0.4, 0.5) is 24.8 Å². The molecule has 1 amide bonds. The van der Waals surface area contributed by atoms with Crippen molar-refractivity contribution in [3.63, 3.8) is 0 Å². The van der Waals surface area contributed by atoms with E-state index in [9.17, 15) is 31.2 Å². The molecule has 2 aliphatic heterocycles. The van der Waals surface area contributed by atoms with Crippen LogP contribution in [0.2, 0.25) is 0 Å². The largest absolute Gasteiger partial charge is 0.458 e. The molecule has 0 spiro atoms. The van der Waals surface area contributed by atoms with Crippen LogP contribution in [0.3, 0.4) is 0 Å². The Kier molecular flexibility index (Phi) is 9.68. The van der Waals surface area contributed by atoms with E-state index in [0.29, 0.717) is 58.2 Å². The summed E-state index contributed by atoms with van der Waals surface area (Å²) in [6.07, 6.45) is -1.03. The average molecular weight is 580 g/mol. The second-order valence-corrected chi connectivity index (χ2v) is 12.4. The Morgan fingerprint density at radius 3 is 2.33 bits per heavy atom. The Balaban J connectivity index is 1.65. The van der Waals surface area contributed by atoms with Crippen molar-refractivity contribution in [1.29, 1.82) is 0 Å². The number of amides is 1. The highest BCUT2D eigenvalue weighted by Crippen LogP contribution is 2.34. The van der Waals surface area contributed by atoms with Gasteiger partial charge >= 0.3 is 12.1 Å². The molecule has 2 N–H and O–H groups in total. The number of alkyl halides is 3. The monoisotopic (exact) mass is 579 g/mol. The summed E-state index contributed by atoms with van der Waals surface area (Å²) >= 11 is 0. The summed E-state index contributed by atoms with van der Waals surface area (Å²) in [6.45, 7) is 6.49. The highest BCUT2D eigenvalue weighted by Gasteiger charge is 2.39. The molecule has 1 atom stereocenters. The lowest BCUT2D eigenvalue weighted by Crippen LogP contribution is -2.41. The molecule has 1 aromatic heterocycles. The van der Waals surface area contributed by atoms with Crippen molar-refractivity contribution in [1.82, 2.24) is 15.3 Å². The van der Waals surface area contributed by atoms with Crippen molar-refractivity contribution >= 4 is 33.6 Å². The van der Waals surface area contributed by atoms with E-state index in [2.05, 4.69) is 15.3 Å². The van der Waals surface area contributed by atoms with Gasteiger partial charge in [-0.3, -0.25) is 9.35 Å². The smallest absolute Gasteiger partial charge is 0.451 e. The number of nitrogens with one attached hydrogen (secondary N) is 1. The van der Waals surface area contributed by atoms with E-state index in [0.717, 1.165) is 0 Å². The fourth-order valence-corrected chi connectivity index (χ4v) is 5.12. The van der Waals surface area contributed by atoms with Crippen LogP contribution in [0, 0.1) is 5.92 Å². The van der Waals surface area contributed by atoms with Gasteiger partial charge in [-0.2, -0.15) is 21.6 Å². The van der Waals surface area contributed by atoms with E-state index in [-0.39, 0.29) is 24.0 Å². The topological polar surface area (TPSA) is 142 Å². The molecular formula is C24H36F3N5O6S. The van der Waals surface area contributed by atoms with Crippen molar-refractivity contribution in [3.05, 3.63) is 11.9 Å². The fraction of sp³-hybridized carbons (Fsp3) is 0.750. The van der Waals surface area contributed by atoms with Crippen LogP contribution in [0.1, 0.15) is 71.5 Å². The van der Waals surface area contributed by atoms with Gasteiger partial charge in [-0.25, -0.2) is 14.8 Å². The van der Waals surface area contributed by atoms with Gasteiger partial charge in [-0.15, -0.1) is 0 Å². The van der Waals surface area contributed by atoms with Crippen molar-refractivity contribution in [3.8, 4) is 0 Å². The number of ether oxygens (including phenoxy) is 1. The first-order chi connectivity index (χ1) is 18.0. The zero-order chi connectivity index (χ0) is 29.0. The third-order valence-corrected chi connectivity index (χ3v) is 7.09. The van der Waals surface area contributed by atoms with Gasteiger partial charge in [0.05, 0.1) is 0 Å². The third-order valence-electron chi connectivity index (χ3n) is 6.59. The standard InChI is InChI=1S/C24H36F3N5O6S/c1-23(2,3)38-21(34)17-7-5-11-32(17)19-14-18(29-22(30-19)24(25,26)27)31-12-9-16(10-13-31)6-4-8-20(33)28-15-39(35,36)37/h14,16-17H,4-13,15H2,1-3H3,(H,28,33)(H,35,36,37). The predicted octanol–water partition coefficient (Wildman–Crippen LogP) is 3.15. The van der Waals surface area contributed by atoms with Gasteiger partial charge in [0, 0.05) is 32.1 Å². The number of nitrogens with zero attached hydrogens (tertiary/aromatic N) is 4. The highest BCUT2D eigenvalue weighted by atomic mass is 32.2. The summed E-state index contributed by atoms with van der Waals surface area (Å²) in [5.74, 6) is -2.65. The Morgan fingerprint density at radius 1 is 1.10 bits per heavy atom. The summed E-state index contributed by atoms with van der Waals surface area (Å²) in [5, 5.41) is 2.13. The minimum Gasteiger partial charge on any atom is -0.458 e. The molecule has 0 aromatic carbocycles. The maximum absolute atomic E-state index is 13.7. The van der Waals surface area contributed by atoms with Gasteiger partial charge in [-0.05, 0) is 65.2 Å². The fourth-order valence-electron chi connectivity index (χ4n) is 4.78. The summed E-state index contributed by atoms with van der Waals surface area (Å²) in [7, 11) is -4.28. The lowest BCUT2D eigenvalue weighted by molar-refractivity contribution is -0.156. The first-order valence-electron chi connectivity index (χ1n) is 12.9. The summed E-state index contributed by atoms with van der Waals surface area (Å²) in [5.41, 5.74) is -0.729. The van der Waals surface area contributed by atoms with E-state index in [1.807, 2.05) is 0 Å². The van der Waals surface area contributed by atoms with Crippen LogP contribution in [0.15, 0.2) is 6.07 Å². The van der Waals surface area contributed by atoms with E-state index in [1.54, 1.807) is 30.6 Å². The Bertz CT molecular complexity index is 1130. The maximum atomic E-state index is 13.7. The molecular weight excluding hydrogens is 543 g/mol. The van der Waals surface area contributed by atoms with Crippen LogP contribution in [0.5, 0.6) is 0 Å². The van der Waals surface area contributed by atoms with Gasteiger partial charge < -0.3 is 19.9 Å². The van der Waals surface area contributed by atoms with Crippen molar-refractivity contribution < 1.29 is 40.5 Å². The summed E-state index contributed by atoms with van der Waals surface area (Å²) < 4.78 is 76.8. The van der Waals surface area contributed by atoms with Crippen LogP contribution >= 0.6 is 0 Å². The molecule has 0 bridgehead atoms. The molecule has 2 aliphatic rings. The number of hydrogen-bond donors (Lipinski definition) is 2. The number of piperidine rings is 1. The van der Waals surface area contributed by atoms with Gasteiger partial charge in [0.25, 0.3) is 10.1 Å². The van der Waals surface area contributed by atoms with E-state index < -0.39 is 51.5 Å². The Hall–Kier alpha value is -2.68. The van der Waals surface area contributed by atoms with Crippen molar-refractivity contribution in [2.75, 3.05) is 35.3 Å². The normalized spacial score (nSPS) is 19.3. The number of anilines is 2. The second-order valence-electron chi connectivity index (χ2n) is 10.9. The van der Waals surface area contributed by atoms with Crippen LogP contribution in [0.25, 0.3) is 0 Å². The van der Waals surface area contributed by atoms with Crippen molar-refractivity contribution in [2.45, 2.75) is 83.5 Å². The van der Waals surface area contributed by atoms with Crippen molar-refractivity contribution in [2.24, 2.45) is 5.92 Å². The Morgan fingerprint density at radius 2 is 1.74 bits per heavy atom. The number of carbonyl (C=O) groups is 2. The number of halogens is 3. The molecule has 2 saturated heterocycles. The molecule has 3 rings (SSSR count). The molecule has 15 heteroatoms. The van der Waals surface area contributed by atoms with Gasteiger partial charge in [0.15, 0.2) is 0 Å².